The highest BCUT2D eigenvalue weighted by Gasteiger charge is 2.22. The van der Waals surface area contributed by atoms with E-state index in [1.54, 1.807) is 17.9 Å². The van der Waals surface area contributed by atoms with E-state index in [0.717, 1.165) is 42.4 Å². The molecule has 2 N–H and O–H groups in total. The Balaban J connectivity index is 1.39. The van der Waals surface area contributed by atoms with Gasteiger partial charge in [0, 0.05) is 10.9 Å². The molecule has 0 bridgehead atoms. The SMILES string of the molecule is COc1cccc(-c2cc(C(=O)NCc3nn(C4CCCC4)c(=O)c4ccccc34)[nH]n2)c1. The molecule has 1 saturated carbocycles. The molecule has 8 nitrogen and oxygen atoms in total. The molecular formula is C25H25N5O3. The second kappa shape index (κ2) is 8.90. The molecule has 0 unspecified atom stereocenters. The van der Waals surface area contributed by atoms with E-state index in [4.69, 9.17) is 4.74 Å². The van der Waals surface area contributed by atoms with Crippen molar-refractivity contribution in [1.82, 2.24) is 25.3 Å². The molecule has 1 aliphatic carbocycles. The van der Waals surface area contributed by atoms with Gasteiger partial charge in [0.05, 0.1) is 36.5 Å². The summed E-state index contributed by atoms with van der Waals surface area (Å²) in [5.41, 5.74) is 2.46. The lowest BCUT2D eigenvalue weighted by atomic mass is 10.1. The van der Waals surface area contributed by atoms with Crippen LogP contribution < -0.4 is 15.6 Å². The van der Waals surface area contributed by atoms with Crippen LogP contribution in [0.3, 0.4) is 0 Å². The molecule has 33 heavy (non-hydrogen) atoms. The van der Waals surface area contributed by atoms with Crippen molar-refractivity contribution in [2.45, 2.75) is 38.3 Å². The molecule has 1 aliphatic rings. The number of aromatic nitrogens is 4. The molecule has 1 fully saturated rings. The van der Waals surface area contributed by atoms with E-state index in [1.807, 2.05) is 48.5 Å². The van der Waals surface area contributed by atoms with E-state index >= 15 is 0 Å². The first-order valence-electron chi connectivity index (χ1n) is 11.1. The molecule has 168 valence electrons. The molecule has 0 saturated heterocycles. The average Bonchev–Trinajstić information content (AvgIpc) is 3.56. The minimum Gasteiger partial charge on any atom is -0.497 e. The van der Waals surface area contributed by atoms with Crippen LogP contribution in [0.4, 0.5) is 0 Å². The number of nitrogens with one attached hydrogen (secondary N) is 2. The largest absolute Gasteiger partial charge is 0.497 e. The van der Waals surface area contributed by atoms with Gasteiger partial charge in [-0.05, 0) is 37.1 Å². The number of rotatable bonds is 6. The predicted octanol–water partition coefficient (Wildman–Crippen LogP) is 3.84. The molecule has 2 aromatic heterocycles. The lowest BCUT2D eigenvalue weighted by Gasteiger charge is -2.16. The molecule has 0 aliphatic heterocycles. The molecule has 0 spiro atoms. The Hall–Kier alpha value is -3.94. The minimum absolute atomic E-state index is 0.0657. The smallest absolute Gasteiger partial charge is 0.274 e. The van der Waals surface area contributed by atoms with Crippen LogP contribution in [0.5, 0.6) is 5.75 Å². The third kappa shape index (κ3) is 4.11. The van der Waals surface area contributed by atoms with Crippen LogP contribution in [0.2, 0.25) is 0 Å². The van der Waals surface area contributed by atoms with Gasteiger partial charge < -0.3 is 10.1 Å². The zero-order chi connectivity index (χ0) is 22.8. The maximum Gasteiger partial charge on any atom is 0.274 e. The zero-order valence-corrected chi connectivity index (χ0v) is 18.4. The van der Waals surface area contributed by atoms with E-state index in [0.29, 0.717) is 22.5 Å². The molecule has 1 amide bonds. The van der Waals surface area contributed by atoms with Crippen LogP contribution >= 0.6 is 0 Å². The third-order valence-corrected chi connectivity index (χ3v) is 6.18. The molecule has 0 atom stereocenters. The van der Waals surface area contributed by atoms with Gasteiger partial charge in [0.15, 0.2) is 0 Å². The first-order chi connectivity index (χ1) is 16.1. The number of ether oxygens (including phenoxy) is 1. The fraction of sp³-hybridized carbons (Fsp3) is 0.280. The van der Waals surface area contributed by atoms with Crippen molar-refractivity contribution in [3.05, 3.63) is 76.3 Å². The van der Waals surface area contributed by atoms with Gasteiger partial charge in [0.2, 0.25) is 0 Å². The van der Waals surface area contributed by atoms with E-state index in [1.165, 1.54) is 0 Å². The van der Waals surface area contributed by atoms with Gasteiger partial charge in [0.1, 0.15) is 11.4 Å². The van der Waals surface area contributed by atoms with Gasteiger partial charge >= 0.3 is 0 Å². The molecule has 2 aromatic carbocycles. The third-order valence-electron chi connectivity index (χ3n) is 6.18. The Labute approximate surface area is 190 Å². The Morgan fingerprint density at radius 1 is 1.12 bits per heavy atom. The van der Waals surface area contributed by atoms with Crippen molar-refractivity contribution in [2.75, 3.05) is 7.11 Å². The Bertz CT molecular complexity index is 1370. The number of benzene rings is 2. The number of carbonyl (C=O) groups is 1. The number of amides is 1. The van der Waals surface area contributed by atoms with Crippen LogP contribution in [0.15, 0.2) is 59.4 Å². The van der Waals surface area contributed by atoms with E-state index in [-0.39, 0.29) is 24.1 Å². The second-order valence-corrected chi connectivity index (χ2v) is 8.26. The van der Waals surface area contributed by atoms with E-state index in [2.05, 4.69) is 20.6 Å². The summed E-state index contributed by atoms with van der Waals surface area (Å²) in [6.07, 6.45) is 4.12. The average molecular weight is 444 g/mol. The van der Waals surface area contributed by atoms with Crippen LogP contribution in [0.25, 0.3) is 22.0 Å². The number of carbonyl (C=O) groups excluding carboxylic acids is 1. The summed E-state index contributed by atoms with van der Waals surface area (Å²) < 4.78 is 6.88. The summed E-state index contributed by atoms with van der Waals surface area (Å²) in [7, 11) is 1.61. The van der Waals surface area contributed by atoms with Crippen LogP contribution in [-0.4, -0.2) is 33.0 Å². The fourth-order valence-corrected chi connectivity index (χ4v) is 4.43. The summed E-state index contributed by atoms with van der Waals surface area (Å²) in [4.78, 5) is 25.8. The van der Waals surface area contributed by atoms with Crippen molar-refractivity contribution in [3.63, 3.8) is 0 Å². The molecule has 4 aromatic rings. The number of hydrogen-bond donors (Lipinski definition) is 2. The van der Waals surface area contributed by atoms with Gasteiger partial charge in [-0.3, -0.25) is 14.7 Å². The van der Waals surface area contributed by atoms with Gasteiger partial charge in [-0.2, -0.15) is 10.2 Å². The molecule has 8 heteroatoms. The monoisotopic (exact) mass is 443 g/mol. The first kappa shape index (κ1) is 20.9. The summed E-state index contributed by atoms with van der Waals surface area (Å²) in [6.45, 7) is 0.208. The summed E-state index contributed by atoms with van der Waals surface area (Å²) in [5.74, 6) is 0.429. The topological polar surface area (TPSA) is 102 Å². The number of methoxy groups -OCH3 is 1. The quantitative estimate of drug-likeness (QED) is 0.471. The van der Waals surface area contributed by atoms with Crippen molar-refractivity contribution < 1.29 is 9.53 Å². The maximum atomic E-state index is 13.0. The second-order valence-electron chi connectivity index (χ2n) is 8.26. The lowest BCUT2D eigenvalue weighted by Crippen LogP contribution is -2.30. The van der Waals surface area contributed by atoms with Crippen LogP contribution in [-0.2, 0) is 6.54 Å². The lowest BCUT2D eigenvalue weighted by molar-refractivity contribution is 0.0945. The zero-order valence-electron chi connectivity index (χ0n) is 18.4. The highest BCUT2D eigenvalue weighted by molar-refractivity contribution is 5.93. The highest BCUT2D eigenvalue weighted by atomic mass is 16.5. The minimum atomic E-state index is -0.291. The van der Waals surface area contributed by atoms with Gasteiger partial charge in [0.25, 0.3) is 11.5 Å². The first-order valence-corrected chi connectivity index (χ1v) is 11.1. The number of fused-ring (bicyclic) bond motifs is 1. The van der Waals surface area contributed by atoms with Gasteiger partial charge in [-0.1, -0.05) is 43.2 Å². The Kier molecular flexibility index (Phi) is 5.64. The van der Waals surface area contributed by atoms with Crippen molar-refractivity contribution in [3.8, 4) is 17.0 Å². The Morgan fingerprint density at radius 2 is 1.91 bits per heavy atom. The van der Waals surface area contributed by atoms with Crippen molar-refractivity contribution >= 4 is 16.7 Å². The van der Waals surface area contributed by atoms with Gasteiger partial charge in [-0.25, -0.2) is 4.68 Å². The molecule has 0 radical (unpaired) electrons. The highest BCUT2D eigenvalue weighted by Crippen LogP contribution is 2.28. The molecule has 5 rings (SSSR count). The van der Waals surface area contributed by atoms with Crippen molar-refractivity contribution in [2.24, 2.45) is 0 Å². The van der Waals surface area contributed by atoms with Crippen LogP contribution in [0, 0.1) is 0 Å². The molecular weight excluding hydrogens is 418 g/mol. The van der Waals surface area contributed by atoms with Gasteiger partial charge in [-0.15, -0.1) is 0 Å². The Morgan fingerprint density at radius 3 is 2.70 bits per heavy atom. The van der Waals surface area contributed by atoms with Crippen molar-refractivity contribution in [1.29, 1.82) is 0 Å². The number of nitrogens with zero attached hydrogens (tertiary/aromatic N) is 3. The summed E-state index contributed by atoms with van der Waals surface area (Å²) in [6, 6.07) is 16.8. The number of hydrogen-bond acceptors (Lipinski definition) is 5. The van der Waals surface area contributed by atoms with E-state index < -0.39 is 0 Å². The number of aromatic amines is 1. The summed E-state index contributed by atoms with van der Waals surface area (Å²) in [5, 5.41) is 16.0. The number of H-pyrrole nitrogens is 1. The van der Waals surface area contributed by atoms with E-state index in [9.17, 15) is 9.59 Å². The standard InChI is InChI=1S/C25H25N5O3/c1-33-18-10-6-7-16(13-18)21-14-22(28-27-21)24(31)26-15-23-19-11-4-5-12-20(19)25(32)30(29-23)17-8-2-3-9-17/h4-7,10-14,17H,2-3,8-9,15H2,1H3,(H,26,31)(H,27,28). The predicted molar refractivity (Wildman–Crippen MR) is 125 cm³/mol. The van der Waals surface area contributed by atoms with Crippen LogP contribution in [0.1, 0.15) is 47.9 Å². The normalized spacial score (nSPS) is 14.0. The summed E-state index contributed by atoms with van der Waals surface area (Å²) >= 11 is 0. The maximum absolute atomic E-state index is 13.0. The molecule has 2 heterocycles. The fourth-order valence-electron chi connectivity index (χ4n) is 4.43.